The summed E-state index contributed by atoms with van der Waals surface area (Å²) < 4.78 is 5.04. The molecule has 0 spiro atoms. The fraction of sp³-hybridized carbons (Fsp3) is 0.421. The van der Waals surface area contributed by atoms with E-state index in [4.69, 9.17) is 4.74 Å². The summed E-state index contributed by atoms with van der Waals surface area (Å²) in [5, 5.41) is 8.13. The minimum Gasteiger partial charge on any atom is -0.463 e. The molecule has 8 heteroatoms. The Morgan fingerprint density at radius 1 is 1.30 bits per heavy atom. The first-order valence-electron chi connectivity index (χ1n) is 8.93. The summed E-state index contributed by atoms with van der Waals surface area (Å²) in [6.45, 7) is 6.56. The molecule has 0 aliphatic carbocycles. The average Bonchev–Trinajstić information content (AvgIpc) is 2.59. The molecule has 1 heterocycles. The normalized spacial score (nSPS) is 14.9. The maximum Gasteiger partial charge on any atom is 0.337 e. The number of rotatable bonds is 7. The predicted molar refractivity (Wildman–Crippen MR) is 101 cm³/mol. The third kappa shape index (κ3) is 5.55. The van der Waals surface area contributed by atoms with Gasteiger partial charge in [-0.1, -0.05) is 12.1 Å². The van der Waals surface area contributed by atoms with Crippen molar-refractivity contribution >= 4 is 23.6 Å². The summed E-state index contributed by atoms with van der Waals surface area (Å²) in [5.74, 6) is -0.604. The van der Waals surface area contributed by atoms with Crippen molar-refractivity contribution in [3.63, 3.8) is 0 Å². The van der Waals surface area contributed by atoms with Crippen molar-refractivity contribution in [3.8, 4) is 0 Å². The molecule has 1 unspecified atom stereocenters. The topological polar surface area (TPSA) is 101 Å². The Morgan fingerprint density at radius 2 is 2.04 bits per heavy atom. The summed E-state index contributed by atoms with van der Waals surface area (Å²) in [7, 11) is 1.83. The van der Waals surface area contributed by atoms with E-state index in [1.807, 2.05) is 39.1 Å². The smallest absolute Gasteiger partial charge is 0.337 e. The van der Waals surface area contributed by atoms with Crippen LogP contribution >= 0.6 is 0 Å². The molecule has 1 atom stereocenters. The number of likely N-dealkylation sites (N-methyl/N-ethyl adjacent to an activating group) is 1. The highest BCUT2D eigenvalue weighted by Gasteiger charge is 2.26. The highest BCUT2D eigenvalue weighted by atomic mass is 16.5. The van der Waals surface area contributed by atoms with Crippen LogP contribution in [0.3, 0.4) is 0 Å². The van der Waals surface area contributed by atoms with Gasteiger partial charge in [0.15, 0.2) is 6.54 Å². The number of aryl methyl sites for hydroxylation is 1. The van der Waals surface area contributed by atoms with E-state index in [0.717, 1.165) is 21.7 Å². The number of benzene rings is 1. The number of urea groups is 1. The lowest BCUT2D eigenvalue weighted by Gasteiger charge is -2.23. The number of ether oxygens (including phenoxy) is 1. The van der Waals surface area contributed by atoms with Gasteiger partial charge >= 0.3 is 12.0 Å². The van der Waals surface area contributed by atoms with Crippen LogP contribution in [-0.2, 0) is 14.3 Å². The number of carbonyl (C=O) groups is 3. The third-order valence-corrected chi connectivity index (χ3v) is 4.40. The molecule has 0 saturated heterocycles. The number of quaternary nitrogens is 1. The monoisotopic (exact) mass is 375 g/mol. The van der Waals surface area contributed by atoms with Crippen LogP contribution in [0, 0.1) is 13.8 Å². The Hall–Kier alpha value is -2.87. The quantitative estimate of drug-likeness (QED) is 0.500. The van der Waals surface area contributed by atoms with Gasteiger partial charge in [0.25, 0.3) is 5.91 Å². The second-order valence-corrected chi connectivity index (χ2v) is 6.59. The molecule has 1 aliphatic rings. The van der Waals surface area contributed by atoms with Crippen molar-refractivity contribution in [2.75, 3.05) is 38.6 Å². The first kappa shape index (κ1) is 20.4. The fourth-order valence-electron chi connectivity index (χ4n) is 2.82. The van der Waals surface area contributed by atoms with Gasteiger partial charge in [-0.05, 0) is 38.0 Å². The average molecular weight is 375 g/mol. The van der Waals surface area contributed by atoms with E-state index in [-0.39, 0.29) is 31.6 Å². The van der Waals surface area contributed by atoms with Gasteiger partial charge in [-0.15, -0.1) is 0 Å². The van der Waals surface area contributed by atoms with E-state index < -0.39 is 5.97 Å². The van der Waals surface area contributed by atoms with Gasteiger partial charge in [0.05, 0.1) is 31.5 Å². The van der Waals surface area contributed by atoms with Crippen molar-refractivity contribution in [1.29, 1.82) is 0 Å². The van der Waals surface area contributed by atoms with Crippen molar-refractivity contribution in [2.45, 2.75) is 20.8 Å². The molecule has 2 rings (SSSR count). The number of hydrogen-bond acceptors (Lipinski definition) is 4. The van der Waals surface area contributed by atoms with Crippen LogP contribution < -0.4 is 20.9 Å². The Bertz CT molecular complexity index is 773. The third-order valence-electron chi connectivity index (χ3n) is 4.40. The largest absolute Gasteiger partial charge is 0.463 e. The van der Waals surface area contributed by atoms with Gasteiger partial charge < -0.3 is 25.6 Å². The second-order valence-electron chi connectivity index (χ2n) is 6.59. The van der Waals surface area contributed by atoms with Gasteiger partial charge in [-0.2, -0.15) is 0 Å². The molecule has 1 aliphatic heterocycles. The van der Waals surface area contributed by atoms with Gasteiger partial charge in [0.2, 0.25) is 0 Å². The lowest BCUT2D eigenvalue weighted by atomic mass is 10.1. The van der Waals surface area contributed by atoms with Crippen LogP contribution in [0.2, 0.25) is 0 Å². The zero-order valence-corrected chi connectivity index (χ0v) is 16.2. The van der Waals surface area contributed by atoms with E-state index in [1.54, 1.807) is 6.92 Å². The van der Waals surface area contributed by atoms with E-state index in [9.17, 15) is 14.4 Å². The summed E-state index contributed by atoms with van der Waals surface area (Å²) in [6.07, 6.45) is 0. The molecule has 1 aromatic carbocycles. The van der Waals surface area contributed by atoms with E-state index >= 15 is 0 Å². The summed E-state index contributed by atoms with van der Waals surface area (Å²) in [4.78, 5) is 36.9. The minimum atomic E-state index is -0.465. The molecular weight excluding hydrogens is 348 g/mol. The molecule has 146 valence electrons. The lowest BCUT2D eigenvalue weighted by molar-refractivity contribution is -0.866. The number of carbonyl (C=O) groups excluding carboxylic acids is 3. The Labute approximate surface area is 158 Å². The zero-order valence-electron chi connectivity index (χ0n) is 16.2. The number of hydrogen-bond donors (Lipinski definition) is 4. The van der Waals surface area contributed by atoms with Gasteiger partial charge in [0.1, 0.15) is 6.54 Å². The Morgan fingerprint density at radius 3 is 2.74 bits per heavy atom. The molecule has 0 radical (unpaired) electrons. The maximum absolute atomic E-state index is 12.4. The van der Waals surface area contributed by atoms with Gasteiger partial charge in [-0.25, -0.2) is 9.59 Å². The molecule has 1 aromatic rings. The highest BCUT2D eigenvalue weighted by Crippen LogP contribution is 2.17. The Kier molecular flexibility index (Phi) is 6.95. The minimum absolute atomic E-state index is 0.113. The fourth-order valence-corrected chi connectivity index (χ4v) is 2.82. The molecule has 0 fully saturated rings. The summed E-state index contributed by atoms with van der Waals surface area (Å²) in [5.41, 5.74) is 3.78. The van der Waals surface area contributed by atoms with Crippen LogP contribution in [0.5, 0.6) is 0 Å². The van der Waals surface area contributed by atoms with Crippen molar-refractivity contribution in [1.82, 2.24) is 10.6 Å². The molecule has 0 bridgehead atoms. The van der Waals surface area contributed by atoms with Crippen LogP contribution in [0.25, 0.3) is 0 Å². The van der Waals surface area contributed by atoms with E-state index in [0.29, 0.717) is 17.8 Å². The number of amides is 3. The second kappa shape index (κ2) is 9.18. The molecule has 0 saturated carbocycles. The van der Waals surface area contributed by atoms with Crippen LogP contribution in [0.15, 0.2) is 29.5 Å². The van der Waals surface area contributed by atoms with Gasteiger partial charge in [-0.3, -0.25) is 4.79 Å². The first-order chi connectivity index (χ1) is 12.8. The van der Waals surface area contributed by atoms with Crippen LogP contribution in [0.4, 0.5) is 10.5 Å². The van der Waals surface area contributed by atoms with Crippen molar-refractivity contribution < 1.29 is 24.0 Å². The Balaban J connectivity index is 2.02. The summed E-state index contributed by atoms with van der Waals surface area (Å²) >= 11 is 0. The van der Waals surface area contributed by atoms with Crippen LogP contribution in [0.1, 0.15) is 18.1 Å². The molecule has 27 heavy (non-hydrogen) atoms. The predicted octanol–water partition coefficient (Wildman–Crippen LogP) is -0.113. The molecule has 4 N–H and O–H groups in total. The molecular formula is C19H27N4O4+. The van der Waals surface area contributed by atoms with Crippen molar-refractivity contribution in [2.24, 2.45) is 0 Å². The number of anilines is 1. The number of nitrogens with one attached hydrogen (secondary N) is 4. The number of esters is 1. The lowest BCUT2D eigenvalue weighted by Crippen LogP contribution is -3.10. The van der Waals surface area contributed by atoms with Crippen molar-refractivity contribution in [3.05, 3.63) is 40.6 Å². The first-order valence-corrected chi connectivity index (χ1v) is 8.93. The molecule has 8 nitrogen and oxygen atoms in total. The van der Waals surface area contributed by atoms with E-state index in [2.05, 4.69) is 16.0 Å². The molecule has 3 amide bonds. The van der Waals surface area contributed by atoms with Gasteiger partial charge in [0, 0.05) is 5.69 Å². The van der Waals surface area contributed by atoms with E-state index in [1.165, 1.54) is 0 Å². The highest BCUT2D eigenvalue weighted by molar-refractivity contribution is 5.94. The molecule has 0 aromatic heterocycles. The standard InChI is InChI=1S/C19H26N4O4/c1-5-27-18(25)14-9-20-19(26)22-16(14)10-23(4)11-17(24)21-15-8-6-7-12(2)13(15)3/h6-8H,5,9-11H2,1-4H3,(H,21,24)(H2,20,22,26)/p+1. The van der Waals surface area contributed by atoms with Crippen LogP contribution in [-0.4, -0.2) is 51.2 Å². The zero-order chi connectivity index (χ0) is 20.0. The summed E-state index contributed by atoms with van der Waals surface area (Å²) in [6, 6.07) is 5.39. The maximum atomic E-state index is 12.4. The SMILES string of the molecule is CCOC(=O)C1=C(C[NH+](C)CC(=O)Nc2cccc(C)c2C)NC(=O)NC1.